The van der Waals surface area contributed by atoms with Crippen molar-refractivity contribution in [3.8, 4) is 0 Å². The summed E-state index contributed by atoms with van der Waals surface area (Å²) in [5.41, 5.74) is 1.96. The summed E-state index contributed by atoms with van der Waals surface area (Å²) in [5.74, 6) is -0.223. The van der Waals surface area contributed by atoms with Crippen molar-refractivity contribution in [3.63, 3.8) is 0 Å². The molecule has 1 saturated heterocycles. The van der Waals surface area contributed by atoms with Gasteiger partial charge < -0.3 is 4.90 Å². The number of halogens is 3. The fraction of sp³-hybridized carbons (Fsp3) is 0.318. The average Bonchev–Trinajstić information content (AvgIpc) is 2.67. The molecule has 2 aromatic carbocycles. The van der Waals surface area contributed by atoms with E-state index in [0.717, 1.165) is 28.7 Å². The van der Waals surface area contributed by atoms with Crippen molar-refractivity contribution in [1.29, 1.82) is 0 Å². The van der Waals surface area contributed by atoms with Crippen LogP contribution in [0.3, 0.4) is 0 Å². The Morgan fingerprint density at radius 1 is 1.18 bits per heavy atom. The van der Waals surface area contributed by atoms with E-state index in [1.54, 1.807) is 12.2 Å². The Bertz CT molecular complexity index is 871. The van der Waals surface area contributed by atoms with Crippen LogP contribution in [0.2, 0.25) is 5.02 Å². The standard InChI is InChI=1S/C22H23BrClFN2O/c1-15-13-27(22(28)10-6-17-5-9-20(23)21(24)11-17)16(2)12-26(15)14-18-3-7-19(25)8-4-18/h3-11,15-16H,12-14H2,1-2H3/t15-,16+/m0/s1. The number of carbonyl (C=O) groups is 1. The lowest BCUT2D eigenvalue weighted by molar-refractivity contribution is -0.131. The maximum atomic E-state index is 13.1. The summed E-state index contributed by atoms with van der Waals surface area (Å²) in [6.45, 7) is 6.37. The molecule has 0 aromatic heterocycles. The van der Waals surface area contributed by atoms with Gasteiger partial charge in [0, 0.05) is 42.3 Å². The molecule has 1 fully saturated rings. The number of rotatable bonds is 4. The van der Waals surface area contributed by atoms with E-state index in [1.165, 1.54) is 12.1 Å². The minimum atomic E-state index is -0.223. The number of hydrogen-bond donors (Lipinski definition) is 0. The average molecular weight is 466 g/mol. The highest BCUT2D eigenvalue weighted by Crippen LogP contribution is 2.24. The van der Waals surface area contributed by atoms with E-state index in [1.807, 2.05) is 35.2 Å². The molecule has 0 unspecified atom stereocenters. The fourth-order valence-corrected chi connectivity index (χ4v) is 3.86. The minimum absolute atomic E-state index is 0.000164. The first-order valence-corrected chi connectivity index (χ1v) is 10.4. The third-order valence-corrected chi connectivity index (χ3v) is 6.29. The van der Waals surface area contributed by atoms with E-state index in [0.29, 0.717) is 11.6 Å². The highest BCUT2D eigenvalue weighted by atomic mass is 79.9. The predicted octanol–water partition coefficient (Wildman–Crippen LogP) is 5.38. The van der Waals surface area contributed by atoms with Crippen LogP contribution in [-0.2, 0) is 11.3 Å². The van der Waals surface area contributed by atoms with Crippen molar-refractivity contribution in [2.24, 2.45) is 0 Å². The van der Waals surface area contributed by atoms with Crippen LogP contribution < -0.4 is 0 Å². The van der Waals surface area contributed by atoms with E-state index in [4.69, 9.17) is 11.6 Å². The number of benzene rings is 2. The van der Waals surface area contributed by atoms with Gasteiger partial charge in [0.05, 0.1) is 5.02 Å². The van der Waals surface area contributed by atoms with Gasteiger partial charge in [0.15, 0.2) is 0 Å². The maximum absolute atomic E-state index is 13.1. The first kappa shape index (κ1) is 21.0. The summed E-state index contributed by atoms with van der Waals surface area (Å²) in [4.78, 5) is 17.0. The third-order valence-electron chi connectivity index (χ3n) is 5.06. The quantitative estimate of drug-likeness (QED) is 0.566. The zero-order chi connectivity index (χ0) is 20.3. The summed E-state index contributed by atoms with van der Waals surface area (Å²) in [6, 6.07) is 12.5. The number of hydrogen-bond acceptors (Lipinski definition) is 2. The lowest BCUT2D eigenvalue weighted by Crippen LogP contribution is -2.57. The highest BCUT2D eigenvalue weighted by Gasteiger charge is 2.30. The van der Waals surface area contributed by atoms with Crippen LogP contribution >= 0.6 is 27.5 Å². The Morgan fingerprint density at radius 2 is 1.89 bits per heavy atom. The van der Waals surface area contributed by atoms with Crippen molar-refractivity contribution in [1.82, 2.24) is 9.80 Å². The van der Waals surface area contributed by atoms with Crippen molar-refractivity contribution in [2.75, 3.05) is 13.1 Å². The molecule has 28 heavy (non-hydrogen) atoms. The number of piperazine rings is 1. The van der Waals surface area contributed by atoms with Crippen molar-refractivity contribution in [3.05, 3.63) is 75.0 Å². The monoisotopic (exact) mass is 464 g/mol. The molecule has 3 nitrogen and oxygen atoms in total. The summed E-state index contributed by atoms with van der Waals surface area (Å²) < 4.78 is 13.9. The Morgan fingerprint density at radius 3 is 2.57 bits per heavy atom. The molecule has 0 bridgehead atoms. The van der Waals surface area contributed by atoms with Gasteiger partial charge in [0.25, 0.3) is 0 Å². The molecule has 1 aliphatic heterocycles. The molecule has 1 heterocycles. The molecule has 1 aliphatic rings. The van der Waals surface area contributed by atoms with Gasteiger partial charge in [-0.1, -0.05) is 29.8 Å². The van der Waals surface area contributed by atoms with Crippen LogP contribution in [0.25, 0.3) is 6.08 Å². The van der Waals surface area contributed by atoms with Crippen LogP contribution in [0.1, 0.15) is 25.0 Å². The third kappa shape index (κ3) is 5.22. The van der Waals surface area contributed by atoms with Crippen LogP contribution in [0.5, 0.6) is 0 Å². The molecule has 0 spiro atoms. The summed E-state index contributed by atoms with van der Waals surface area (Å²) in [6.07, 6.45) is 3.40. The first-order chi connectivity index (χ1) is 13.3. The van der Waals surface area contributed by atoms with Crippen molar-refractivity contribution in [2.45, 2.75) is 32.5 Å². The lowest BCUT2D eigenvalue weighted by atomic mass is 10.1. The molecule has 0 radical (unpaired) electrons. The van der Waals surface area contributed by atoms with Gasteiger partial charge in [-0.05, 0) is 71.2 Å². The van der Waals surface area contributed by atoms with Crippen molar-refractivity contribution >= 4 is 39.5 Å². The molecular weight excluding hydrogens is 443 g/mol. The van der Waals surface area contributed by atoms with Gasteiger partial charge in [-0.25, -0.2) is 4.39 Å². The van der Waals surface area contributed by atoms with Crippen LogP contribution in [0, 0.1) is 5.82 Å². The van der Waals surface area contributed by atoms with E-state index in [-0.39, 0.29) is 23.8 Å². The van der Waals surface area contributed by atoms with Crippen LogP contribution in [-0.4, -0.2) is 40.9 Å². The molecule has 0 N–H and O–H groups in total. The number of carbonyl (C=O) groups excluding carboxylic acids is 1. The topological polar surface area (TPSA) is 23.6 Å². The normalized spacial score (nSPS) is 20.7. The maximum Gasteiger partial charge on any atom is 0.246 e. The fourth-order valence-electron chi connectivity index (χ4n) is 3.43. The largest absolute Gasteiger partial charge is 0.334 e. The van der Waals surface area contributed by atoms with Gasteiger partial charge in [0.2, 0.25) is 5.91 Å². The molecule has 2 atom stereocenters. The van der Waals surface area contributed by atoms with E-state index in [9.17, 15) is 9.18 Å². The molecule has 6 heteroatoms. The summed E-state index contributed by atoms with van der Waals surface area (Å²) in [7, 11) is 0. The zero-order valence-electron chi connectivity index (χ0n) is 15.9. The zero-order valence-corrected chi connectivity index (χ0v) is 18.3. The van der Waals surface area contributed by atoms with Gasteiger partial charge in [-0.3, -0.25) is 9.69 Å². The summed E-state index contributed by atoms with van der Waals surface area (Å²) in [5, 5.41) is 0.617. The molecule has 2 aromatic rings. The molecular formula is C22H23BrClFN2O. The van der Waals surface area contributed by atoms with Gasteiger partial charge >= 0.3 is 0 Å². The second kappa shape index (κ2) is 9.21. The second-order valence-electron chi connectivity index (χ2n) is 7.25. The predicted molar refractivity (Wildman–Crippen MR) is 116 cm³/mol. The highest BCUT2D eigenvalue weighted by molar-refractivity contribution is 9.10. The van der Waals surface area contributed by atoms with Gasteiger partial charge in [0.1, 0.15) is 5.82 Å². The van der Waals surface area contributed by atoms with Crippen LogP contribution in [0.4, 0.5) is 4.39 Å². The first-order valence-electron chi connectivity index (χ1n) is 9.25. The molecule has 0 aliphatic carbocycles. The molecule has 3 rings (SSSR count). The Balaban J connectivity index is 1.62. The summed E-state index contributed by atoms with van der Waals surface area (Å²) >= 11 is 9.47. The molecule has 1 amide bonds. The SMILES string of the molecule is C[C@@H]1CN(Cc2ccc(F)cc2)[C@@H](C)CN1C(=O)C=Cc1ccc(Br)c(Cl)c1. The Labute approximate surface area is 178 Å². The minimum Gasteiger partial charge on any atom is -0.334 e. The van der Waals surface area contributed by atoms with E-state index >= 15 is 0 Å². The van der Waals surface area contributed by atoms with Crippen LogP contribution in [0.15, 0.2) is 53.0 Å². The van der Waals surface area contributed by atoms with E-state index in [2.05, 4.69) is 34.7 Å². The molecule has 0 saturated carbocycles. The molecule has 148 valence electrons. The Hall–Kier alpha value is -1.69. The number of nitrogens with zero attached hydrogens (tertiary/aromatic N) is 2. The smallest absolute Gasteiger partial charge is 0.246 e. The van der Waals surface area contributed by atoms with Gasteiger partial charge in [-0.15, -0.1) is 0 Å². The van der Waals surface area contributed by atoms with Gasteiger partial charge in [-0.2, -0.15) is 0 Å². The lowest BCUT2D eigenvalue weighted by Gasteiger charge is -2.44. The number of amides is 1. The second-order valence-corrected chi connectivity index (χ2v) is 8.51. The Kier molecular flexibility index (Phi) is 6.91. The van der Waals surface area contributed by atoms with E-state index < -0.39 is 0 Å². The van der Waals surface area contributed by atoms with Crippen molar-refractivity contribution < 1.29 is 9.18 Å².